The highest BCUT2D eigenvalue weighted by Gasteiger charge is 2.09. The van der Waals surface area contributed by atoms with Crippen molar-refractivity contribution >= 4 is 5.96 Å². The summed E-state index contributed by atoms with van der Waals surface area (Å²) in [6.45, 7) is 10.6. The van der Waals surface area contributed by atoms with Gasteiger partial charge in [0.2, 0.25) is 0 Å². The van der Waals surface area contributed by atoms with Crippen molar-refractivity contribution in [3.8, 4) is 11.5 Å². The van der Waals surface area contributed by atoms with Crippen LogP contribution in [-0.4, -0.2) is 44.5 Å². The molecule has 1 aromatic heterocycles. The molecule has 0 aliphatic rings. The highest BCUT2D eigenvalue weighted by Crippen LogP contribution is 2.28. The van der Waals surface area contributed by atoms with Crippen LogP contribution in [0.5, 0.6) is 11.5 Å². The van der Waals surface area contributed by atoms with Gasteiger partial charge in [-0.15, -0.1) is 0 Å². The molecule has 0 amide bonds. The minimum atomic E-state index is 0.615. The first-order chi connectivity index (χ1) is 13.6. The second-order valence-electron chi connectivity index (χ2n) is 6.38. The van der Waals surface area contributed by atoms with Gasteiger partial charge in [-0.25, -0.2) is 0 Å². The molecule has 1 heterocycles. The van der Waals surface area contributed by atoms with E-state index in [0.717, 1.165) is 60.4 Å². The fraction of sp³-hybridized carbons (Fsp3) is 0.524. The molecule has 0 saturated carbocycles. The number of aromatic nitrogens is 1. The van der Waals surface area contributed by atoms with Gasteiger partial charge in [0.15, 0.2) is 17.5 Å². The normalized spacial score (nSPS) is 11.4. The Morgan fingerprint density at radius 1 is 1.04 bits per heavy atom. The van der Waals surface area contributed by atoms with Crippen LogP contribution < -0.4 is 20.1 Å². The van der Waals surface area contributed by atoms with Gasteiger partial charge >= 0.3 is 0 Å². The van der Waals surface area contributed by atoms with E-state index in [1.807, 2.05) is 39.8 Å². The summed E-state index contributed by atoms with van der Waals surface area (Å²) in [5, 5.41) is 10.7. The van der Waals surface area contributed by atoms with E-state index in [1.54, 1.807) is 7.05 Å². The predicted octanol–water partition coefficient (Wildman–Crippen LogP) is 3.04. The Bertz CT molecular complexity index is 752. The van der Waals surface area contributed by atoms with Crippen molar-refractivity contribution in [3.05, 3.63) is 40.8 Å². The van der Waals surface area contributed by atoms with Crippen LogP contribution in [-0.2, 0) is 12.8 Å². The molecule has 0 saturated heterocycles. The van der Waals surface area contributed by atoms with Crippen LogP contribution in [0, 0.1) is 13.8 Å². The van der Waals surface area contributed by atoms with Crippen molar-refractivity contribution in [3.63, 3.8) is 0 Å². The zero-order valence-corrected chi connectivity index (χ0v) is 17.6. The van der Waals surface area contributed by atoms with E-state index in [-0.39, 0.29) is 0 Å². The SMILES string of the molecule is CCOc1ccc(CCNC(=NC)NCCc2c(C)noc2C)cc1OCC. The number of hydrogen-bond donors (Lipinski definition) is 2. The Morgan fingerprint density at radius 3 is 2.32 bits per heavy atom. The fourth-order valence-electron chi connectivity index (χ4n) is 2.96. The van der Waals surface area contributed by atoms with Crippen LogP contribution in [0.4, 0.5) is 0 Å². The van der Waals surface area contributed by atoms with Gasteiger partial charge in [-0.05, 0) is 58.2 Å². The summed E-state index contributed by atoms with van der Waals surface area (Å²) >= 11 is 0. The van der Waals surface area contributed by atoms with Crippen LogP contribution in [0.15, 0.2) is 27.7 Å². The summed E-state index contributed by atoms with van der Waals surface area (Å²) < 4.78 is 16.5. The number of hydrogen-bond acceptors (Lipinski definition) is 5. The third kappa shape index (κ3) is 6.18. The lowest BCUT2D eigenvalue weighted by molar-refractivity contribution is 0.287. The lowest BCUT2D eigenvalue weighted by atomic mass is 10.1. The number of aryl methyl sites for hydroxylation is 2. The van der Waals surface area contributed by atoms with E-state index in [0.29, 0.717) is 13.2 Å². The molecule has 154 valence electrons. The number of nitrogens with zero attached hydrogens (tertiary/aromatic N) is 2. The Kier molecular flexibility index (Phi) is 8.65. The third-order valence-corrected chi connectivity index (χ3v) is 4.39. The van der Waals surface area contributed by atoms with Crippen LogP contribution >= 0.6 is 0 Å². The van der Waals surface area contributed by atoms with Gasteiger partial charge in [0.1, 0.15) is 5.76 Å². The monoisotopic (exact) mass is 388 g/mol. The Morgan fingerprint density at radius 2 is 1.71 bits per heavy atom. The standard InChI is InChI=1S/C21H32N4O3/c1-6-26-19-9-8-17(14-20(19)27-7-2)10-12-23-21(22-5)24-13-11-18-15(3)25-28-16(18)4/h8-9,14H,6-7,10-13H2,1-5H3,(H2,22,23,24). The van der Waals surface area contributed by atoms with Crippen molar-refractivity contribution < 1.29 is 14.0 Å². The van der Waals surface area contributed by atoms with Gasteiger partial charge in [0, 0.05) is 25.7 Å². The molecule has 2 N–H and O–H groups in total. The van der Waals surface area contributed by atoms with E-state index < -0.39 is 0 Å². The molecule has 0 unspecified atom stereocenters. The second kappa shape index (κ2) is 11.2. The number of guanidine groups is 1. The zero-order chi connectivity index (χ0) is 20.4. The van der Waals surface area contributed by atoms with Gasteiger partial charge < -0.3 is 24.6 Å². The molecule has 0 fully saturated rings. The summed E-state index contributed by atoms with van der Waals surface area (Å²) in [7, 11) is 1.77. The van der Waals surface area contributed by atoms with Crippen LogP contribution in [0.1, 0.15) is 36.4 Å². The lowest BCUT2D eigenvalue weighted by Crippen LogP contribution is -2.39. The maximum Gasteiger partial charge on any atom is 0.190 e. The smallest absolute Gasteiger partial charge is 0.190 e. The summed E-state index contributed by atoms with van der Waals surface area (Å²) in [5.74, 6) is 3.24. The Labute approximate surface area is 167 Å². The molecule has 7 heteroatoms. The average molecular weight is 389 g/mol. The molecule has 7 nitrogen and oxygen atoms in total. The van der Waals surface area contributed by atoms with E-state index in [9.17, 15) is 0 Å². The molecule has 0 bridgehead atoms. The van der Waals surface area contributed by atoms with Gasteiger partial charge in [0.25, 0.3) is 0 Å². The van der Waals surface area contributed by atoms with E-state index in [2.05, 4.69) is 26.8 Å². The zero-order valence-electron chi connectivity index (χ0n) is 17.6. The molecule has 2 rings (SSSR count). The maximum atomic E-state index is 5.69. The molecule has 0 atom stereocenters. The minimum Gasteiger partial charge on any atom is -0.490 e. The topological polar surface area (TPSA) is 80.9 Å². The number of nitrogens with one attached hydrogen (secondary N) is 2. The Hall–Kier alpha value is -2.70. The lowest BCUT2D eigenvalue weighted by Gasteiger charge is -2.14. The molecule has 0 radical (unpaired) electrons. The highest BCUT2D eigenvalue weighted by atomic mass is 16.5. The molecule has 0 aliphatic heterocycles. The van der Waals surface area contributed by atoms with Crippen LogP contribution in [0.2, 0.25) is 0 Å². The van der Waals surface area contributed by atoms with Crippen LogP contribution in [0.25, 0.3) is 0 Å². The first kappa shape index (κ1) is 21.6. The predicted molar refractivity (Wildman–Crippen MR) is 112 cm³/mol. The van der Waals surface area contributed by atoms with Crippen molar-refractivity contribution in [2.75, 3.05) is 33.4 Å². The number of ether oxygens (including phenoxy) is 2. The molecule has 28 heavy (non-hydrogen) atoms. The van der Waals surface area contributed by atoms with E-state index in [4.69, 9.17) is 14.0 Å². The van der Waals surface area contributed by atoms with Crippen molar-refractivity contribution in [2.24, 2.45) is 4.99 Å². The van der Waals surface area contributed by atoms with Crippen molar-refractivity contribution in [1.29, 1.82) is 0 Å². The van der Waals surface area contributed by atoms with Gasteiger partial charge in [-0.2, -0.15) is 0 Å². The average Bonchev–Trinajstić information content (AvgIpc) is 3.01. The van der Waals surface area contributed by atoms with Crippen molar-refractivity contribution in [2.45, 2.75) is 40.5 Å². The van der Waals surface area contributed by atoms with E-state index in [1.165, 1.54) is 5.56 Å². The first-order valence-electron chi connectivity index (χ1n) is 9.83. The van der Waals surface area contributed by atoms with Gasteiger partial charge in [-0.3, -0.25) is 4.99 Å². The molecular weight excluding hydrogens is 356 g/mol. The minimum absolute atomic E-state index is 0.615. The fourth-order valence-corrected chi connectivity index (χ4v) is 2.96. The quantitative estimate of drug-likeness (QED) is 0.481. The largest absolute Gasteiger partial charge is 0.490 e. The van der Waals surface area contributed by atoms with Crippen LogP contribution in [0.3, 0.4) is 0 Å². The Balaban J connectivity index is 1.81. The number of rotatable bonds is 10. The maximum absolute atomic E-state index is 5.69. The first-order valence-corrected chi connectivity index (χ1v) is 9.83. The molecule has 1 aromatic carbocycles. The summed E-state index contributed by atoms with van der Waals surface area (Å²) in [6, 6.07) is 6.09. The summed E-state index contributed by atoms with van der Waals surface area (Å²) in [6.07, 6.45) is 1.70. The molecule has 0 aliphatic carbocycles. The molecular formula is C21H32N4O3. The number of aliphatic imine (C=N–C) groups is 1. The summed E-state index contributed by atoms with van der Waals surface area (Å²) in [4.78, 5) is 4.28. The third-order valence-electron chi connectivity index (χ3n) is 4.39. The second-order valence-corrected chi connectivity index (χ2v) is 6.38. The highest BCUT2D eigenvalue weighted by molar-refractivity contribution is 5.79. The van der Waals surface area contributed by atoms with Gasteiger partial charge in [-0.1, -0.05) is 11.2 Å². The number of benzene rings is 1. The molecule has 2 aromatic rings. The van der Waals surface area contributed by atoms with Gasteiger partial charge in [0.05, 0.1) is 18.9 Å². The van der Waals surface area contributed by atoms with E-state index >= 15 is 0 Å². The van der Waals surface area contributed by atoms with Crippen molar-refractivity contribution in [1.82, 2.24) is 15.8 Å². The summed E-state index contributed by atoms with van der Waals surface area (Å²) in [5.41, 5.74) is 3.29. The molecule has 0 spiro atoms.